The summed E-state index contributed by atoms with van der Waals surface area (Å²) in [6.45, 7) is 0.372. The zero-order valence-corrected chi connectivity index (χ0v) is 11.6. The lowest BCUT2D eigenvalue weighted by Crippen LogP contribution is -2.25. The number of rotatable bonds is 3. The van der Waals surface area contributed by atoms with Crippen molar-refractivity contribution in [1.82, 2.24) is 9.55 Å². The molecule has 1 aromatic heterocycles. The monoisotopic (exact) mass is 288 g/mol. The van der Waals surface area contributed by atoms with Crippen LogP contribution in [-0.2, 0) is 13.0 Å². The number of aromatic carboxylic acids is 1. The molecule has 1 aliphatic heterocycles. The van der Waals surface area contributed by atoms with E-state index in [1.807, 2.05) is 12.1 Å². The van der Waals surface area contributed by atoms with Gasteiger partial charge in [0.1, 0.15) is 11.6 Å². The van der Waals surface area contributed by atoms with E-state index in [-0.39, 0.29) is 5.69 Å². The van der Waals surface area contributed by atoms with Crippen LogP contribution in [0.4, 0.5) is 0 Å². The molecule has 0 amide bonds. The topological polar surface area (TPSA) is 84.6 Å². The highest BCUT2D eigenvalue weighted by Gasteiger charge is 2.27. The van der Waals surface area contributed by atoms with Crippen molar-refractivity contribution in [3.8, 4) is 17.1 Å². The molecular formula is C15H16N2O4. The number of aromatic nitrogens is 2. The van der Waals surface area contributed by atoms with Crippen LogP contribution in [0.15, 0.2) is 24.3 Å². The summed E-state index contributed by atoms with van der Waals surface area (Å²) in [5.41, 5.74) is 1.56. The van der Waals surface area contributed by atoms with Crippen LogP contribution in [0.25, 0.3) is 11.4 Å². The minimum absolute atomic E-state index is 0.0766. The normalized spacial score (nSPS) is 17.3. The Bertz CT molecular complexity index is 676. The Labute approximate surface area is 121 Å². The fourth-order valence-corrected chi connectivity index (χ4v) is 2.67. The Balaban J connectivity index is 2.11. The van der Waals surface area contributed by atoms with Gasteiger partial charge in [0.15, 0.2) is 5.69 Å². The van der Waals surface area contributed by atoms with Gasteiger partial charge in [-0.1, -0.05) is 0 Å². The third-order valence-electron chi connectivity index (χ3n) is 3.73. The molecule has 3 rings (SSSR count). The second-order valence-electron chi connectivity index (χ2n) is 5.07. The second kappa shape index (κ2) is 5.21. The van der Waals surface area contributed by atoms with Crippen LogP contribution in [0, 0.1) is 0 Å². The fraction of sp³-hybridized carbons (Fsp3) is 0.333. The number of nitrogens with zero attached hydrogens (tertiary/aromatic N) is 2. The van der Waals surface area contributed by atoms with E-state index >= 15 is 0 Å². The summed E-state index contributed by atoms with van der Waals surface area (Å²) in [5, 5.41) is 19.1. The van der Waals surface area contributed by atoms with Crippen molar-refractivity contribution in [2.75, 3.05) is 7.11 Å². The fourth-order valence-electron chi connectivity index (χ4n) is 2.67. The highest BCUT2D eigenvalue weighted by molar-refractivity contribution is 5.88. The van der Waals surface area contributed by atoms with Gasteiger partial charge in [-0.05, 0) is 37.1 Å². The van der Waals surface area contributed by atoms with Gasteiger partial charge in [-0.3, -0.25) is 0 Å². The molecule has 2 N–H and O–H groups in total. The molecule has 0 saturated heterocycles. The van der Waals surface area contributed by atoms with Crippen LogP contribution in [0.3, 0.4) is 0 Å². The summed E-state index contributed by atoms with van der Waals surface area (Å²) in [5.74, 6) is 0.265. The van der Waals surface area contributed by atoms with E-state index < -0.39 is 12.1 Å². The number of aliphatic hydroxyl groups excluding tert-OH is 1. The largest absolute Gasteiger partial charge is 0.497 e. The van der Waals surface area contributed by atoms with Gasteiger partial charge in [-0.2, -0.15) is 0 Å². The van der Waals surface area contributed by atoms with Crippen molar-refractivity contribution < 1.29 is 19.7 Å². The maximum Gasteiger partial charge on any atom is 0.356 e. The highest BCUT2D eigenvalue weighted by atomic mass is 16.5. The van der Waals surface area contributed by atoms with E-state index in [0.717, 1.165) is 11.3 Å². The van der Waals surface area contributed by atoms with Crippen molar-refractivity contribution in [3.05, 3.63) is 35.7 Å². The van der Waals surface area contributed by atoms with Crippen molar-refractivity contribution in [2.24, 2.45) is 0 Å². The Morgan fingerprint density at radius 3 is 2.71 bits per heavy atom. The van der Waals surface area contributed by atoms with Gasteiger partial charge in [-0.15, -0.1) is 0 Å². The van der Waals surface area contributed by atoms with Gasteiger partial charge < -0.3 is 19.5 Å². The van der Waals surface area contributed by atoms with E-state index in [2.05, 4.69) is 4.98 Å². The molecule has 2 heterocycles. The SMILES string of the molecule is COc1ccc(-c2nc(C(=O)O)c3n2CC(O)CC3)cc1. The smallest absolute Gasteiger partial charge is 0.356 e. The lowest BCUT2D eigenvalue weighted by atomic mass is 10.1. The summed E-state index contributed by atoms with van der Waals surface area (Å²) >= 11 is 0. The number of carboxylic acid groups (broad SMARTS) is 1. The highest BCUT2D eigenvalue weighted by Crippen LogP contribution is 2.28. The molecular weight excluding hydrogens is 272 g/mol. The predicted octanol–water partition coefficient (Wildman–Crippen LogP) is 1.56. The van der Waals surface area contributed by atoms with E-state index in [4.69, 9.17) is 4.74 Å². The number of aliphatic hydroxyl groups is 1. The van der Waals surface area contributed by atoms with Gasteiger partial charge in [0.2, 0.25) is 0 Å². The first-order chi connectivity index (χ1) is 10.1. The predicted molar refractivity (Wildman–Crippen MR) is 75.5 cm³/mol. The average molecular weight is 288 g/mol. The molecule has 0 aliphatic carbocycles. The Morgan fingerprint density at radius 1 is 1.38 bits per heavy atom. The number of hydrogen-bond acceptors (Lipinski definition) is 4. The standard InChI is InChI=1S/C15H16N2O4/c1-21-11-5-2-9(3-6-11)14-16-13(15(19)20)12-7-4-10(18)8-17(12)14/h2-3,5-6,10,18H,4,7-8H2,1H3,(H,19,20). The van der Waals surface area contributed by atoms with Gasteiger partial charge in [0.25, 0.3) is 0 Å². The second-order valence-corrected chi connectivity index (χ2v) is 5.07. The van der Waals surface area contributed by atoms with Crippen LogP contribution < -0.4 is 4.74 Å². The molecule has 1 aliphatic rings. The first-order valence-electron chi connectivity index (χ1n) is 6.75. The van der Waals surface area contributed by atoms with E-state index in [9.17, 15) is 15.0 Å². The quantitative estimate of drug-likeness (QED) is 0.895. The number of methoxy groups -OCH3 is 1. The summed E-state index contributed by atoms with van der Waals surface area (Å²) in [6.07, 6.45) is 0.616. The third kappa shape index (κ3) is 2.38. The van der Waals surface area contributed by atoms with E-state index in [1.54, 1.807) is 23.8 Å². The van der Waals surface area contributed by atoms with Crippen molar-refractivity contribution in [3.63, 3.8) is 0 Å². The minimum Gasteiger partial charge on any atom is -0.497 e. The number of fused-ring (bicyclic) bond motifs is 1. The first kappa shape index (κ1) is 13.6. The summed E-state index contributed by atoms with van der Waals surface area (Å²) in [6, 6.07) is 7.27. The van der Waals surface area contributed by atoms with Crippen molar-refractivity contribution >= 4 is 5.97 Å². The summed E-state index contributed by atoms with van der Waals surface area (Å²) in [7, 11) is 1.59. The van der Waals surface area contributed by atoms with Gasteiger partial charge in [-0.25, -0.2) is 9.78 Å². The van der Waals surface area contributed by atoms with Gasteiger partial charge in [0, 0.05) is 5.56 Å². The van der Waals surface area contributed by atoms with Crippen LogP contribution in [0.1, 0.15) is 22.6 Å². The molecule has 2 aromatic rings. The number of benzene rings is 1. The Kier molecular flexibility index (Phi) is 3.39. The first-order valence-corrected chi connectivity index (χ1v) is 6.75. The molecule has 6 nitrogen and oxygen atoms in total. The molecule has 110 valence electrons. The molecule has 0 bridgehead atoms. The number of imidazole rings is 1. The van der Waals surface area contributed by atoms with Crippen LogP contribution >= 0.6 is 0 Å². The summed E-state index contributed by atoms with van der Waals surface area (Å²) < 4.78 is 6.92. The molecule has 1 unspecified atom stereocenters. The number of hydrogen-bond donors (Lipinski definition) is 2. The van der Waals surface area contributed by atoms with Crippen LogP contribution in [-0.4, -0.2) is 38.9 Å². The van der Waals surface area contributed by atoms with Crippen molar-refractivity contribution in [2.45, 2.75) is 25.5 Å². The van der Waals surface area contributed by atoms with Crippen LogP contribution in [0.5, 0.6) is 5.75 Å². The van der Waals surface area contributed by atoms with E-state index in [1.165, 1.54) is 0 Å². The maximum absolute atomic E-state index is 11.3. The van der Waals surface area contributed by atoms with Gasteiger partial charge >= 0.3 is 5.97 Å². The van der Waals surface area contributed by atoms with Gasteiger partial charge in [0.05, 0.1) is 25.5 Å². The molecule has 0 saturated carbocycles. The third-order valence-corrected chi connectivity index (χ3v) is 3.73. The number of carboxylic acids is 1. The molecule has 6 heteroatoms. The molecule has 0 radical (unpaired) electrons. The zero-order chi connectivity index (χ0) is 15.0. The molecule has 1 atom stereocenters. The minimum atomic E-state index is -1.03. The number of carbonyl (C=O) groups is 1. The van der Waals surface area contributed by atoms with Crippen molar-refractivity contribution in [1.29, 1.82) is 0 Å². The number of ether oxygens (including phenoxy) is 1. The molecule has 21 heavy (non-hydrogen) atoms. The molecule has 0 spiro atoms. The lowest BCUT2D eigenvalue weighted by Gasteiger charge is -2.21. The molecule has 0 fully saturated rings. The zero-order valence-electron chi connectivity index (χ0n) is 11.6. The van der Waals surface area contributed by atoms with E-state index in [0.29, 0.717) is 30.9 Å². The molecule has 1 aromatic carbocycles. The summed E-state index contributed by atoms with van der Waals surface area (Å²) in [4.78, 5) is 15.6. The Hall–Kier alpha value is -2.34. The average Bonchev–Trinajstić information content (AvgIpc) is 2.86. The maximum atomic E-state index is 11.3. The van der Waals surface area contributed by atoms with Crippen LogP contribution in [0.2, 0.25) is 0 Å². The lowest BCUT2D eigenvalue weighted by molar-refractivity contribution is 0.0686. The Morgan fingerprint density at radius 2 is 2.10 bits per heavy atom.